The van der Waals surface area contributed by atoms with E-state index in [2.05, 4.69) is 15.1 Å². The van der Waals surface area contributed by atoms with Crippen molar-refractivity contribution in [2.45, 2.75) is 36.9 Å². The number of imidazole rings is 1. The fourth-order valence-electron chi connectivity index (χ4n) is 3.26. The van der Waals surface area contributed by atoms with Crippen LogP contribution in [0.25, 0.3) is 17.0 Å². The second-order valence-corrected chi connectivity index (χ2v) is 9.28. The van der Waals surface area contributed by atoms with E-state index < -0.39 is 33.4 Å². The van der Waals surface area contributed by atoms with Crippen molar-refractivity contribution >= 4 is 21.7 Å². The van der Waals surface area contributed by atoms with Gasteiger partial charge in [0.1, 0.15) is 22.7 Å². The molecule has 9 nitrogen and oxygen atoms in total. The maximum absolute atomic E-state index is 13.5. The SMILES string of the molecule is CCS(=O)(=O)c1cc(C=NO)cnc1-c1cn2c(=O)n(C3CC3)c(C(F)(F)F)cc2n1. The molecule has 0 saturated heterocycles. The van der Waals surface area contributed by atoms with Crippen LogP contribution in [0.3, 0.4) is 0 Å². The molecule has 3 heterocycles. The normalized spacial score (nSPS) is 15.2. The molecule has 1 N–H and O–H groups in total. The number of sulfone groups is 1. The first-order chi connectivity index (χ1) is 14.6. The van der Waals surface area contributed by atoms with Crippen LogP contribution in [0.4, 0.5) is 13.2 Å². The van der Waals surface area contributed by atoms with Crippen molar-refractivity contribution in [2.24, 2.45) is 5.16 Å². The van der Waals surface area contributed by atoms with Gasteiger partial charge in [-0.15, -0.1) is 0 Å². The Bertz CT molecular complexity index is 1370. The van der Waals surface area contributed by atoms with E-state index in [1.165, 1.54) is 25.4 Å². The van der Waals surface area contributed by atoms with Gasteiger partial charge >= 0.3 is 11.9 Å². The quantitative estimate of drug-likeness (QED) is 0.359. The van der Waals surface area contributed by atoms with Gasteiger partial charge in [0.15, 0.2) is 9.84 Å². The molecular formula is C18H16F3N5O4S. The summed E-state index contributed by atoms with van der Waals surface area (Å²) in [5, 5.41) is 11.5. The van der Waals surface area contributed by atoms with E-state index in [4.69, 9.17) is 5.21 Å². The summed E-state index contributed by atoms with van der Waals surface area (Å²) in [5.74, 6) is -0.276. The topological polar surface area (TPSA) is 119 Å². The molecule has 3 aromatic heterocycles. The molecule has 13 heteroatoms. The van der Waals surface area contributed by atoms with Gasteiger partial charge in [-0.2, -0.15) is 13.2 Å². The number of pyridine rings is 1. The predicted molar refractivity (Wildman–Crippen MR) is 103 cm³/mol. The number of aromatic nitrogens is 4. The molecule has 0 amide bonds. The molecule has 0 atom stereocenters. The van der Waals surface area contributed by atoms with Gasteiger partial charge in [-0.1, -0.05) is 12.1 Å². The second kappa shape index (κ2) is 7.18. The van der Waals surface area contributed by atoms with E-state index >= 15 is 0 Å². The Hall–Kier alpha value is -3.22. The third kappa shape index (κ3) is 3.69. The lowest BCUT2D eigenvalue weighted by atomic mass is 10.2. The summed E-state index contributed by atoms with van der Waals surface area (Å²) in [6.45, 7) is 1.42. The Morgan fingerprint density at radius 3 is 2.61 bits per heavy atom. The molecule has 0 radical (unpaired) electrons. The summed E-state index contributed by atoms with van der Waals surface area (Å²) in [6.07, 6.45) is -0.450. The molecule has 1 fully saturated rings. The Balaban J connectivity index is 1.98. The molecule has 4 rings (SSSR count). The first-order valence-corrected chi connectivity index (χ1v) is 10.8. The summed E-state index contributed by atoms with van der Waals surface area (Å²) in [5.41, 5.74) is -2.28. The summed E-state index contributed by atoms with van der Waals surface area (Å²) >= 11 is 0. The van der Waals surface area contributed by atoms with Crippen molar-refractivity contribution in [1.82, 2.24) is 18.9 Å². The van der Waals surface area contributed by atoms with E-state index in [0.29, 0.717) is 17.4 Å². The zero-order valence-electron chi connectivity index (χ0n) is 16.0. The molecule has 0 aromatic carbocycles. The van der Waals surface area contributed by atoms with Crippen LogP contribution < -0.4 is 5.69 Å². The largest absolute Gasteiger partial charge is 0.431 e. The highest BCUT2D eigenvalue weighted by molar-refractivity contribution is 7.91. The first-order valence-electron chi connectivity index (χ1n) is 9.19. The average molecular weight is 455 g/mol. The van der Waals surface area contributed by atoms with Gasteiger partial charge in [-0.25, -0.2) is 18.2 Å². The number of halogens is 3. The molecule has 0 bridgehead atoms. The van der Waals surface area contributed by atoms with Crippen LogP contribution in [0.2, 0.25) is 0 Å². The van der Waals surface area contributed by atoms with Crippen LogP contribution in [0, 0.1) is 0 Å². The summed E-state index contributed by atoms with van der Waals surface area (Å²) in [7, 11) is -3.83. The minimum atomic E-state index is -4.75. The van der Waals surface area contributed by atoms with Crippen LogP contribution in [-0.4, -0.2) is 44.5 Å². The van der Waals surface area contributed by atoms with Crippen molar-refractivity contribution in [3.05, 3.63) is 46.3 Å². The van der Waals surface area contributed by atoms with E-state index in [0.717, 1.165) is 16.7 Å². The monoisotopic (exact) mass is 455 g/mol. The van der Waals surface area contributed by atoms with Crippen molar-refractivity contribution in [3.63, 3.8) is 0 Å². The summed E-state index contributed by atoms with van der Waals surface area (Å²) in [6, 6.07) is 1.45. The van der Waals surface area contributed by atoms with Gasteiger partial charge < -0.3 is 5.21 Å². The van der Waals surface area contributed by atoms with Gasteiger partial charge in [0.05, 0.1) is 16.9 Å². The zero-order valence-corrected chi connectivity index (χ0v) is 16.9. The van der Waals surface area contributed by atoms with Gasteiger partial charge in [-0.3, -0.25) is 14.0 Å². The van der Waals surface area contributed by atoms with Gasteiger partial charge in [0.2, 0.25) is 0 Å². The number of nitrogens with zero attached hydrogens (tertiary/aromatic N) is 5. The summed E-state index contributed by atoms with van der Waals surface area (Å²) in [4.78, 5) is 20.7. The van der Waals surface area contributed by atoms with E-state index in [-0.39, 0.29) is 33.2 Å². The van der Waals surface area contributed by atoms with Crippen molar-refractivity contribution < 1.29 is 26.8 Å². The number of alkyl halides is 3. The number of rotatable bonds is 5. The zero-order chi connectivity index (χ0) is 22.6. The number of fused-ring (bicyclic) bond motifs is 1. The molecule has 1 saturated carbocycles. The highest BCUT2D eigenvalue weighted by Crippen LogP contribution is 2.39. The standard InChI is InChI=1S/C18H16F3N5O4S/c1-2-31(29,30)13-5-10(8-23-28)7-22-16(13)12-9-25-15(24-12)6-14(18(19,20)21)26(17(25)27)11-3-4-11/h5-9,11,28H,2-4H2,1H3. The van der Waals surface area contributed by atoms with Gasteiger partial charge in [0, 0.05) is 30.1 Å². The summed E-state index contributed by atoms with van der Waals surface area (Å²) < 4.78 is 67.4. The molecule has 0 spiro atoms. The molecular weight excluding hydrogens is 439 g/mol. The lowest BCUT2D eigenvalue weighted by molar-refractivity contribution is -0.144. The molecule has 0 unspecified atom stereocenters. The molecule has 31 heavy (non-hydrogen) atoms. The van der Waals surface area contributed by atoms with Crippen LogP contribution in [0.15, 0.2) is 39.4 Å². The maximum Gasteiger partial charge on any atom is 0.431 e. The molecule has 1 aliphatic carbocycles. The Labute approximate surface area is 173 Å². The van der Waals surface area contributed by atoms with Crippen molar-refractivity contribution in [1.29, 1.82) is 0 Å². The number of oxime groups is 1. The average Bonchev–Trinajstić information content (AvgIpc) is 3.45. The van der Waals surface area contributed by atoms with Crippen LogP contribution >= 0.6 is 0 Å². The lowest BCUT2D eigenvalue weighted by Gasteiger charge is -2.14. The molecule has 0 aliphatic heterocycles. The predicted octanol–water partition coefficient (Wildman–Crippen LogP) is 2.51. The van der Waals surface area contributed by atoms with E-state index in [9.17, 15) is 26.4 Å². The number of hydrogen-bond acceptors (Lipinski definition) is 7. The lowest BCUT2D eigenvalue weighted by Crippen LogP contribution is -2.31. The van der Waals surface area contributed by atoms with E-state index in [1.807, 2.05) is 0 Å². The Kier molecular flexibility index (Phi) is 4.87. The Morgan fingerprint density at radius 2 is 2.03 bits per heavy atom. The highest BCUT2D eigenvalue weighted by atomic mass is 32.2. The van der Waals surface area contributed by atoms with Crippen LogP contribution in [0.5, 0.6) is 0 Å². The fourth-order valence-corrected chi connectivity index (χ4v) is 4.34. The molecule has 3 aromatic rings. The van der Waals surface area contributed by atoms with Crippen LogP contribution in [0.1, 0.15) is 37.1 Å². The first kappa shape index (κ1) is 21.0. The molecule has 164 valence electrons. The highest BCUT2D eigenvalue weighted by Gasteiger charge is 2.40. The number of hydrogen-bond donors (Lipinski definition) is 1. The minimum Gasteiger partial charge on any atom is -0.411 e. The van der Waals surface area contributed by atoms with Gasteiger partial charge in [0.25, 0.3) is 0 Å². The second-order valence-electron chi connectivity index (χ2n) is 7.03. The van der Waals surface area contributed by atoms with Crippen LogP contribution in [-0.2, 0) is 16.0 Å². The Morgan fingerprint density at radius 1 is 1.32 bits per heavy atom. The van der Waals surface area contributed by atoms with E-state index in [1.54, 1.807) is 0 Å². The molecule has 1 aliphatic rings. The van der Waals surface area contributed by atoms with Gasteiger partial charge in [-0.05, 0) is 18.9 Å². The third-order valence-electron chi connectivity index (χ3n) is 4.91. The van der Waals surface area contributed by atoms with Crippen molar-refractivity contribution in [3.8, 4) is 11.4 Å². The maximum atomic E-state index is 13.5. The smallest absolute Gasteiger partial charge is 0.411 e. The fraction of sp³-hybridized carbons (Fsp3) is 0.333. The van der Waals surface area contributed by atoms with Crippen molar-refractivity contribution in [2.75, 3.05) is 5.75 Å². The third-order valence-corrected chi connectivity index (χ3v) is 6.65. The minimum absolute atomic E-state index is 0.0710.